The third kappa shape index (κ3) is 1.58. The number of hydrogen-bond acceptors (Lipinski definition) is 2. The number of nitrogens with zero attached hydrogens (tertiary/aromatic N) is 1. The number of ether oxygens (including phenoxy) is 1. The minimum Gasteiger partial charge on any atom is -0.447 e. The van der Waals surface area contributed by atoms with Gasteiger partial charge in [-0.1, -0.05) is 19.1 Å². The minimum absolute atomic E-state index is 0.238. The number of hydrogen-bond donors (Lipinski definition) is 0. The summed E-state index contributed by atoms with van der Waals surface area (Å²) >= 11 is 0. The van der Waals surface area contributed by atoms with Gasteiger partial charge in [0.25, 0.3) is 0 Å². The lowest BCUT2D eigenvalue weighted by Crippen LogP contribution is -2.23. The highest BCUT2D eigenvalue weighted by atomic mass is 16.6. The van der Waals surface area contributed by atoms with Gasteiger partial charge in [-0.3, -0.25) is 4.90 Å². The minimum atomic E-state index is -0.238. The molecule has 1 aromatic carbocycles. The molecule has 1 aliphatic rings. The number of benzene rings is 1. The molecule has 2 rings (SSSR count). The molecule has 0 atom stereocenters. The number of carbonyl (C=O) groups excluding carboxylic acids is 1. The van der Waals surface area contributed by atoms with Crippen LogP contribution in [0.3, 0.4) is 0 Å². The lowest BCUT2D eigenvalue weighted by molar-refractivity contribution is 0.181. The molecule has 1 saturated heterocycles. The second-order valence-electron chi connectivity index (χ2n) is 3.29. The lowest BCUT2D eigenvalue weighted by Gasteiger charge is -2.13. The molecule has 14 heavy (non-hydrogen) atoms. The van der Waals surface area contributed by atoms with E-state index in [1.165, 1.54) is 5.56 Å². The van der Waals surface area contributed by atoms with Crippen molar-refractivity contribution in [2.75, 3.05) is 18.1 Å². The predicted octanol–water partition coefficient (Wildman–Crippen LogP) is 2.21. The van der Waals surface area contributed by atoms with Crippen molar-refractivity contribution < 1.29 is 9.53 Å². The van der Waals surface area contributed by atoms with E-state index in [1.54, 1.807) is 4.90 Å². The van der Waals surface area contributed by atoms with Crippen LogP contribution < -0.4 is 4.90 Å². The highest BCUT2D eigenvalue weighted by Crippen LogP contribution is 2.19. The van der Waals surface area contributed by atoms with E-state index in [-0.39, 0.29) is 6.09 Å². The van der Waals surface area contributed by atoms with Gasteiger partial charge in [-0.15, -0.1) is 0 Å². The molecule has 0 spiro atoms. The summed E-state index contributed by atoms with van der Waals surface area (Å²) in [5, 5.41) is 0. The Hall–Kier alpha value is -1.51. The molecule has 1 aliphatic heterocycles. The zero-order valence-corrected chi connectivity index (χ0v) is 8.19. The van der Waals surface area contributed by atoms with Crippen molar-refractivity contribution in [2.24, 2.45) is 0 Å². The Balaban J connectivity index is 2.26. The Labute approximate surface area is 83.3 Å². The van der Waals surface area contributed by atoms with E-state index in [1.807, 2.05) is 18.2 Å². The third-order valence-corrected chi connectivity index (χ3v) is 2.39. The Morgan fingerprint density at radius 1 is 1.50 bits per heavy atom. The van der Waals surface area contributed by atoms with Crippen molar-refractivity contribution in [3.8, 4) is 0 Å². The molecule has 1 aromatic rings. The molecule has 1 heterocycles. The summed E-state index contributed by atoms with van der Waals surface area (Å²) in [7, 11) is 0. The highest BCUT2D eigenvalue weighted by Gasteiger charge is 2.23. The number of anilines is 1. The second kappa shape index (κ2) is 3.70. The second-order valence-corrected chi connectivity index (χ2v) is 3.29. The molecule has 0 radical (unpaired) electrons. The standard InChI is InChI=1S/C11H13NO2/c1-2-9-4-3-5-10(8-9)12-6-7-14-11(12)13/h3-5,8H,2,6-7H2,1H3. The molecular formula is C11H13NO2. The summed E-state index contributed by atoms with van der Waals surface area (Å²) in [6, 6.07) is 8.00. The topological polar surface area (TPSA) is 29.5 Å². The van der Waals surface area contributed by atoms with Gasteiger partial charge in [-0.25, -0.2) is 4.79 Å². The van der Waals surface area contributed by atoms with E-state index in [9.17, 15) is 4.79 Å². The maximum Gasteiger partial charge on any atom is 0.414 e. The molecule has 1 fully saturated rings. The van der Waals surface area contributed by atoms with Crippen LogP contribution in [-0.2, 0) is 11.2 Å². The zero-order valence-electron chi connectivity index (χ0n) is 8.19. The van der Waals surface area contributed by atoms with Crippen LogP contribution in [-0.4, -0.2) is 19.2 Å². The average molecular weight is 191 g/mol. The summed E-state index contributed by atoms with van der Waals surface area (Å²) in [5.74, 6) is 0. The monoisotopic (exact) mass is 191 g/mol. The van der Waals surface area contributed by atoms with Crippen molar-refractivity contribution in [3.63, 3.8) is 0 Å². The summed E-state index contributed by atoms with van der Waals surface area (Å²) in [6.45, 7) is 3.25. The molecule has 3 heteroatoms. The Morgan fingerprint density at radius 3 is 3.00 bits per heavy atom. The van der Waals surface area contributed by atoms with Gasteiger partial charge >= 0.3 is 6.09 Å². The van der Waals surface area contributed by atoms with Crippen molar-refractivity contribution in [1.82, 2.24) is 0 Å². The lowest BCUT2D eigenvalue weighted by atomic mass is 10.1. The smallest absolute Gasteiger partial charge is 0.414 e. The van der Waals surface area contributed by atoms with Crippen LogP contribution >= 0.6 is 0 Å². The van der Waals surface area contributed by atoms with Crippen LogP contribution in [0.2, 0.25) is 0 Å². The quantitative estimate of drug-likeness (QED) is 0.717. The molecule has 0 aromatic heterocycles. The number of cyclic esters (lactones) is 1. The molecule has 0 bridgehead atoms. The van der Waals surface area contributed by atoms with Gasteiger partial charge in [-0.2, -0.15) is 0 Å². The van der Waals surface area contributed by atoms with Gasteiger partial charge in [0, 0.05) is 5.69 Å². The molecule has 0 unspecified atom stereocenters. The van der Waals surface area contributed by atoms with Crippen LogP contribution in [0.5, 0.6) is 0 Å². The van der Waals surface area contributed by atoms with Gasteiger partial charge in [0.1, 0.15) is 6.61 Å². The number of aryl methyl sites for hydroxylation is 1. The average Bonchev–Trinajstić information content (AvgIpc) is 2.65. The highest BCUT2D eigenvalue weighted by molar-refractivity contribution is 5.89. The van der Waals surface area contributed by atoms with Crippen LogP contribution in [0, 0.1) is 0 Å². The largest absolute Gasteiger partial charge is 0.447 e. The molecule has 1 amide bonds. The van der Waals surface area contributed by atoms with Crippen LogP contribution in [0.15, 0.2) is 24.3 Å². The molecule has 0 aliphatic carbocycles. The molecule has 0 saturated carbocycles. The van der Waals surface area contributed by atoms with Gasteiger partial charge in [-0.05, 0) is 24.1 Å². The first-order valence-electron chi connectivity index (χ1n) is 4.84. The van der Waals surface area contributed by atoms with Gasteiger partial charge in [0.2, 0.25) is 0 Å². The Kier molecular flexibility index (Phi) is 2.39. The van der Waals surface area contributed by atoms with Crippen molar-refractivity contribution in [2.45, 2.75) is 13.3 Å². The first-order valence-corrected chi connectivity index (χ1v) is 4.84. The Bertz CT molecular complexity index is 349. The number of rotatable bonds is 2. The van der Waals surface area contributed by atoms with Gasteiger partial charge in [0.15, 0.2) is 0 Å². The van der Waals surface area contributed by atoms with Crippen LogP contribution in [0.25, 0.3) is 0 Å². The molecule has 0 N–H and O–H groups in total. The molecule has 74 valence electrons. The summed E-state index contributed by atoms with van der Waals surface area (Å²) < 4.78 is 4.88. The van der Waals surface area contributed by atoms with E-state index >= 15 is 0 Å². The maximum atomic E-state index is 11.3. The molecule has 3 nitrogen and oxygen atoms in total. The molecular weight excluding hydrogens is 178 g/mol. The maximum absolute atomic E-state index is 11.3. The summed E-state index contributed by atoms with van der Waals surface area (Å²) in [6.07, 6.45) is 0.745. The van der Waals surface area contributed by atoms with E-state index in [0.717, 1.165) is 12.1 Å². The van der Waals surface area contributed by atoms with E-state index in [4.69, 9.17) is 4.74 Å². The summed E-state index contributed by atoms with van der Waals surface area (Å²) in [4.78, 5) is 12.9. The SMILES string of the molecule is CCc1cccc(N2CCOC2=O)c1. The fourth-order valence-corrected chi connectivity index (χ4v) is 1.57. The summed E-state index contributed by atoms with van der Waals surface area (Å²) in [5.41, 5.74) is 2.18. The van der Waals surface area contributed by atoms with Crippen molar-refractivity contribution in [1.29, 1.82) is 0 Å². The fraction of sp³-hybridized carbons (Fsp3) is 0.364. The zero-order chi connectivity index (χ0) is 9.97. The van der Waals surface area contributed by atoms with E-state index < -0.39 is 0 Å². The van der Waals surface area contributed by atoms with Gasteiger partial charge in [0.05, 0.1) is 6.54 Å². The van der Waals surface area contributed by atoms with Crippen molar-refractivity contribution in [3.05, 3.63) is 29.8 Å². The number of carbonyl (C=O) groups is 1. The Morgan fingerprint density at radius 2 is 2.36 bits per heavy atom. The fourth-order valence-electron chi connectivity index (χ4n) is 1.57. The third-order valence-electron chi connectivity index (χ3n) is 2.39. The first kappa shape index (κ1) is 9.06. The van der Waals surface area contributed by atoms with E-state index in [2.05, 4.69) is 13.0 Å². The van der Waals surface area contributed by atoms with Crippen LogP contribution in [0.4, 0.5) is 10.5 Å². The normalized spacial score (nSPS) is 15.8. The first-order chi connectivity index (χ1) is 6.81. The predicted molar refractivity (Wildman–Crippen MR) is 54.5 cm³/mol. The van der Waals surface area contributed by atoms with Crippen LogP contribution in [0.1, 0.15) is 12.5 Å². The van der Waals surface area contributed by atoms with Gasteiger partial charge < -0.3 is 4.74 Å². The number of amides is 1. The van der Waals surface area contributed by atoms with E-state index in [0.29, 0.717) is 13.2 Å². The van der Waals surface area contributed by atoms with Crippen molar-refractivity contribution >= 4 is 11.8 Å².